The summed E-state index contributed by atoms with van der Waals surface area (Å²) in [6.45, 7) is 9.21. The number of hydrogen-bond donors (Lipinski definition) is 2. The number of halogens is 1. The standard InChI is InChI=1S/C25H33NO3S.ClH/c1-15-13-17-22(30-15)12-9-16(23(17)27)14-26-19-10-11-21(24(19)28)29-20-8-6-5-7-18(20)25(2,3)4;/h5-8,13,16,19,21,24,26,28H,9-12,14H2,1-4H3;1H/t16?,19-,21-,24-;/m1./s1. The van der Waals surface area contributed by atoms with E-state index in [0.29, 0.717) is 6.54 Å². The first-order valence-corrected chi connectivity index (χ1v) is 11.9. The zero-order valence-corrected chi connectivity index (χ0v) is 20.4. The van der Waals surface area contributed by atoms with E-state index in [1.807, 2.05) is 24.3 Å². The Labute approximate surface area is 195 Å². The summed E-state index contributed by atoms with van der Waals surface area (Å²) in [5.74, 6) is 1.12. The number of nitrogens with one attached hydrogen (secondary N) is 1. The van der Waals surface area contributed by atoms with Crippen LogP contribution in [0.15, 0.2) is 30.3 Å². The number of aryl methyl sites for hydroxylation is 2. The predicted octanol–water partition coefficient (Wildman–Crippen LogP) is 5.08. The lowest BCUT2D eigenvalue weighted by Gasteiger charge is -2.27. The Kier molecular flexibility index (Phi) is 7.52. The van der Waals surface area contributed by atoms with E-state index in [1.54, 1.807) is 11.3 Å². The van der Waals surface area contributed by atoms with Gasteiger partial charge < -0.3 is 15.2 Å². The molecule has 4 rings (SSSR count). The molecule has 0 spiro atoms. The van der Waals surface area contributed by atoms with Crippen LogP contribution in [0.4, 0.5) is 0 Å². The fourth-order valence-electron chi connectivity index (χ4n) is 4.75. The molecule has 2 aromatic rings. The molecule has 2 N–H and O–H groups in total. The number of hydrogen-bond acceptors (Lipinski definition) is 5. The number of carbonyl (C=O) groups excluding carboxylic acids is 1. The molecule has 2 aliphatic carbocycles. The number of benzene rings is 1. The monoisotopic (exact) mass is 463 g/mol. The van der Waals surface area contributed by atoms with Crippen molar-refractivity contribution in [2.75, 3.05) is 6.54 Å². The van der Waals surface area contributed by atoms with Crippen molar-refractivity contribution in [3.63, 3.8) is 0 Å². The molecule has 1 aromatic carbocycles. The van der Waals surface area contributed by atoms with Gasteiger partial charge in [0.05, 0.1) is 0 Å². The first kappa shape index (κ1) is 24.2. The molecule has 31 heavy (non-hydrogen) atoms. The Balaban J connectivity index is 0.00000272. The van der Waals surface area contributed by atoms with Crippen molar-refractivity contribution < 1.29 is 14.6 Å². The molecule has 0 saturated heterocycles. The number of carbonyl (C=O) groups is 1. The van der Waals surface area contributed by atoms with Crippen LogP contribution >= 0.6 is 23.7 Å². The molecule has 0 amide bonds. The van der Waals surface area contributed by atoms with Gasteiger partial charge in [0.15, 0.2) is 5.78 Å². The lowest BCUT2D eigenvalue weighted by Crippen LogP contribution is -2.44. The largest absolute Gasteiger partial charge is 0.487 e. The zero-order chi connectivity index (χ0) is 21.5. The van der Waals surface area contributed by atoms with Gasteiger partial charge in [0, 0.05) is 33.8 Å². The van der Waals surface area contributed by atoms with Crippen LogP contribution in [0.25, 0.3) is 0 Å². The maximum Gasteiger partial charge on any atom is 0.168 e. The highest BCUT2D eigenvalue weighted by atomic mass is 35.5. The second kappa shape index (κ2) is 9.62. The summed E-state index contributed by atoms with van der Waals surface area (Å²) in [7, 11) is 0. The van der Waals surface area contributed by atoms with E-state index < -0.39 is 6.10 Å². The molecular formula is C25H34ClNO3S. The molecule has 4 nitrogen and oxygen atoms in total. The molecule has 1 saturated carbocycles. The number of ether oxygens (including phenoxy) is 1. The molecular weight excluding hydrogens is 430 g/mol. The third kappa shape index (κ3) is 5.16. The molecule has 2 aliphatic rings. The van der Waals surface area contributed by atoms with Crippen molar-refractivity contribution in [3.05, 3.63) is 51.2 Å². The fraction of sp³-hybridized carbons (Fsp3) is 0.560. The van der Waals surface area contributed by atoms with Gasteiger partial charge >= 0.3 is 0 Å². The van der Waals surface area contributed by atoms with Crippen LogP contribution in [0.5, 0.6) is 5.75 Å². The van der Waals surface area contributed by atoms with Crippen LogP contribution in [-0.4, -0.2) is 35.7 Å². The lowest BCUT2D eigenvalue weighted by molar-refractivity contribution is 0.0432. The van der Waals surface area contributed by atoms with Crippen LogP contribution in [0.2, 0.25) is 0 Å². The van der Waals surface area contributed by atoms with Crippen molar-refractivity contribution in [3.8, 4) is 5.75 Å². The maximum absolute atomic E-state index is 12.8. The van der Waals surface area contributed by atoms with Crippen molar-refractivity contribution >= 4 is 29.5 Å². The van der Waals surface area contributed by atoms with Gasteiger partial charge in [0.1, 0.15) is 18.0 Å². The van der Waals surface area contributed by atoms with Crippen molar-refractivity contribution in [2.45, 2.75) is 77.0 Å². The molecule has 6 heteroatoms. The topological polar surface area (TPSA) is 58.6 Å². The first-order valence-electron chi connectivity index (χ1n) is 11.0. The fourth-order valence-corrected chi connectivity index (χ4v) is 5.80. The van der Waals surface area contributed by atoms with E-state index in [4.69, 9.17) is 4.74 Å². The highest BCUT2D eigenvalue weighted by Gasteiger charge is 2.38. The predicted molar refractivity (Wildman–Crippen MR) is 129 cm³/mol. The summed E-state index contributed by atoms with van der Waals surface area (Å²) in [5, 5.41) is 14.4. The van der Waals surface area contributed by atoms with E-state index >= 15 is 0 Å². The Hall–Kier alpha value is -1.40. The Morgan fingerprint density at radius 3 is 2.68 bits per heavy atom. The molecule has 1 aromatic heterocycles. The van der Waals surface area contributed by atoms with E-state index in [9.17, 15) is 9.90 Å². The highest BCUT2D eigenvalue weighted by molar-refractivity contribution is 7.12. The minimum Gasteiger partial charge on any atom is -0.487 e. The Morgan fingerprint density at radius 1 is 1.19 bits per heavy atom. The van der Waals surface area contributed by atoms with E-state index in [2.05, 4.69) is 39.1 Å². The molecule has 1 fully saturated rings. The van der Waals surface area contributed by atoms with E-state index in [-0.39, 0.29) is 41.7 Å². The van der Waals surface area contributed by atoms with Crippen molar-refractivity contribution in [2.24, 2.45) is 5.92 Å². The molecule has 0 aliphatic heterocycles. The molecule has 170 valence electrons. The van der Waals surface area contributed by atoms with E-state index in [1.165, 1.54) is 9.75 Å². The van der Waals surface area contributed by atoms with Crippen LogP contribution in [0.3, 0.4) is 0 Å². The number of aliphatic hydroxyl groups is 1. The van der Waals surface area contributed by atoms with E-state index in [0.717, 1.165) is 42.6 Å². The smallest absolute Gasteiger partial charge is 0.168 e. The second-order valence-electron chi connectivity index (χ2n) is 9.78. The van der Waals surface area contributed by atoms with Gasteiger partial charge in [-0.2, -0.15) is 0 Å². The molecule has 1 unspecified atom stereocenters. The summed E-state index contributed by atoms with van der Waals surface area (Å²) in [4.78, 5) is 15.3. The summed E-state index contributed by atoms with van der Waals surface area (Å²) in [6.07, 6.45) is 2.74. The molecule has 4 atom stereocenters. The van der Waals surface area contributed by atoms with Crippen LogP contribution < -0.4 is 10.1 Å². The van der Waals surface area contributed by atoms with Gasteiger partial charge in [-0.1, -0.05) is 39.0 Å². The number of thiophene rings is 1. The molecule has 0 radical (unpaired) electrons. The van der Waals surface area contributed by atoms with Gasteiger partial charge in [0.2, 0.25) is 0 Å². The third-order valence-corrected chi connectivity index (χ3v) is 7.55. The van der Waals surface area contributed by atoms with Crippen LogP contribution in [0, 0.1) is 12.8 Å². The number of Topliss-reactive ketones (excluding diaryl/α,β-unsaturated/α-hetero) is 1. The minimum atomic E-state index is -0.573. The van der Waals surface area contributed by atoms with Crippen LogP contribution in [0.1, 0.15) is 65.7 Å². The summed E-state index contributed by atoms with van der Waals surface area (Å²) in [5.41, 5.74) is 2.06. The summed E-state index contributed by atoms with van der Waals surface area (Å²) >= 11 is 1.75. The van der Waals surface area contributed by atoms with Crippen molar-refractivity contribution in [1.82, 2.24) is 5.32 Å². The summed E-state index contributed by atoms with van der Waals surface area (Å²) in [6, 6.07) is 10.1. The van der Waals surface area contributed by atoms with Gasteiger partial charge in [-0.3, -0.25) is 4.79 Å². The number of para-hydroxylation sites is 1. The SMILES string of the molecule is Cc1cc2c(s1)CCC(CN[C@@H]1CC[C@@H](Oc3ccccc3C(C)(C)C)[C@@H]1O)C2=O.Cl. The minimum absolute atomic E-state index is 0. The quantitative estimate of drug-likeness (QED) is 0.649. The normalized spacial score (nSPS) is 25.8. The van der Waals surface area contributed by atoms with Gasteiger partial charge in [0.25, 0.3) is 0 Å². The molecule has 0 bridgehead atoms. The number of rotatable bonds is 5. The van der Waals surface area contributed by atoms with Gasteiger partial charge in [-0.05, 0) is 55.7 Å². The summed E-state index contributed by atoms with van der Waals surface area (Å²) < 4.78 is 6.28. The first-order chi connectivity index (χ1) is 14.2. The lowest BCUT2D eigenvalue weighted by atomic mass is 9.86. The van der Waals surface area contributed by atoms with Gasteiger partial charge in [-0.25, -0.2) is 0 Å². The number of ketones is 1. The Morgan fingerprint density at radius 2 is 1.94 bits per heavy atom. The average molecular weight is 464 g/mol. The highest BCUT2D eigenvalue weighted by Crippen LogP contribution is 2.35. The average Bonchev–Trinajstić information content (AvgIpc) is 3.24. The van der Waals surface area contributed by atoms with Gasteiger partial charge in [-0.15, -0.1) is 23.7 Å². The van der Waals surface area contributed by atoms with Crippen molar-refractivity contribution in [1.29, 1.82) is 0 Å². The zero-order valence-electron chi connectivity index (χ0n) is 18.8. The number of fused-ring (bicyclic) bond motifs is 1. The van der Waals surface area contributed by atoms with Crippen LogP contribution in [-0.2, 0) is 11.8 Å². The third-order valence-electron chi connectivity index (χ3n) is 6.44. The maximum atomic E-state index is 12.8. The molecule has 1 heterocycles. The number of aliphatic hydroxyl groups excluding tert-OH is 1. The second-order valence-corrected chi connectivity index (χ2v) is 11.1. The Bertz CT molecular complexity index is 920.